The summed E-state index contributed by atoms with van der Waals surface area (Å²) >= 11 is 0. The monoisotopic (exact) mass is 366 g/mol. The van der Waals surface area contributed by atoms with E-state index in [1.165, 1.54) is 11.6 Å². The number of carbonyl (C=O) groups excluding carboxylic acids is 1. The average molecular weight is 366 g/mol. The standard InChI is InChI=1S/C19H22N6O2/c1-11(26)13-14(12-9-7-6-8-10-12)20-22-17(13)23-21-15-16(19(2,3)4)24-25(5)18(15)27/h6-10,24H,1-5H3,(H,20,22). The topological polar surface area (TPSA) is 108 Å². The van der Waals surface area contributed by atoms with Crippen LogP contribution >= 0.6 is 0 Å². The van der Waals surface area contributed by atoms with Crippen LogP contribution in [0.2, 0.25) is 0 Å². The van der Waals surface area contributed by atoms with Crippen LogP contribution in [0.3, 0.4) is 0 Å². The molecule has 2 heterocycles. The molecule has 2 aromatic heterocycles. The molecule has 8 heteroatoms. The number of hydrogen-bond acceptors (Lipinski definition) is 5. The Morgan fingerprint density at radius 1 is 1.15 bits per heavy atom. The van der Waals surface area contributed by atoms with Crippen LogP contribution < -0.4 is 5.56 Å². The number of benzene rings is 1. The maximum absolute atomic E-state index is 12.4. The first-order chi connectivity index (χ1) is 12.7. The lowest BCUT2D eigenvalue weighted by Gasteiger charge is -2.16. The van der Waals surface area contributed by atoms with Crippen molar-refractivity contribution in [2.45, 2.75) is 33.1 Å². The van der Waals surface area contributed by atoms with E-state index in [9.17, 15) is 9.59 Å². The maximum atomic E-state index is 12.4. The summed E-state index contributed by atoms with van der Waals surface area (Å²) in [6, 6.07) is 9.39. The van der Waals surface area contributed by atoms with Gasteiger partial charge in [-0.25, -0.2) is 0 Å². The van der Waals surface area contributed by atoms with Crippen molar-refractivity contribution in [3.63, 3.8) is 0 Å². The van der Waals surface area contributed by atoms with E-state index in [-0.39, 0.29) is 28.3 Å². The largest absolute Gasteiger partial charge is 0.297 e. The van der Waals surface area contributed by atoms with E-state index in [2.05, 4.69) is 25.5 Å². The Hall–Kier alpha value is -3.29. The lowest BCUT2D eigenvalue weighted by Crippen LogP contribution is -2.12. The van der Waals surface area contributed by atoms with Gasteiger partial charge in [-0.2, -0.15) is 5.10 Å². The molecule has 0 atom stereocenters. The van der Waals surface area contributed by atoms with Crippen LogP contribution in [0.1, 0.15) is 43.7 Å². The molecular weight excluding hydrogens is 344 g/mol. The number of rotatable bonds is 4. The highest BCUT2D eigenvalue weighted by Crippen LogP contribution is 2.31. The third kappa shape index (κ3) is 3.51. The third-order valence-corrected chi connectivity index (χ3v) is 4.18. The van der Waals surface area contributed by atoms with Crippen LogP contribution in [-0.4, -0.2) is 25.8 Å². The molecule has 0 aliphatic heterocycles. The van der Waals surface area contributed by atoms with Crippen LogP contribution in [0.15, 0.2) is 45.4 Å². The summed E-state index contributed by atoms with van der Waals surface area (Å²) < 4.78 is 1.36. The Balaban J connectivity index is 2.09. The summed E-state index contributed by atoms with van der Waals surface area (Å²) in [5, 5.41) is 18.3. The normalized spacial score (nSPS) is 12.0. The van der Waals surface area contributed by atoms with Crippen LogP contribution in [0, 0.1) is 0 Å². The zero-order chi connectivity index (χ0) is 19.8. The highest BCUT2D eigenvalue weighted by Gasteiger charge is 2.25. The molecule has 3 rings (SSSR count). The summed E-state index contributed by atoms with van der Waals surface area (Å²) in [5.41, 5.74) is 2.02. The molecule has 0 aliphatic rings. The first-order valence-electron chi connectivity index (χ1n) is 8.56. The second-order valence-corrected chi connectivity index (χ2v) is 7.37. The van der Waals surface area contributed by atoms with Crippen molar-refractivity contribution >= 4 is 17.3 Å². The summed E-state index contributed by atoms with van der Waals surface area (Å²) in [6.45, 7) is 7.37. The van der Waals surface area contributed by atoms with Gasteiger partial charge in [0.1, 0.15) is 0 Å². The third-order valence-electron chi connectivity index (χ3n) is 4.18. The fraction of sp³-hybridized carbons (Fsp3) is 0.316. The van der Waals surface area contributed by atoms with Crippen molar-refractivity contribution < 1.29 is 4.79 Å². The number of ketones is 1. The summed E-state index contributed by atoms with van der Waals surface area (Å²) in [6.07, 6.45) is 0. The van der Waals surface area contributed by atoms with Gasteiger partial charge in [0.2, 0.25) is 5.82 Å². The lowest BCUT2D eigenvalue weighted by atomic mass is 9.91. The highest BCUT2D eigenvalue weighted by atomic mass is 16.1. The van der Waals surface area contributed by atoms with Gasteiger partial charge in [0, 0.05) is 18.0 Å². The molecule has 0 aliphatic carbocycles. The number of aromatic nitrogens is 4. The van der Waals surface area contributed by atoms with E-state index in [1.807, 2.05) is 51.1 Å². The molecule has 3 aromatic rings. The molecule has 0 saturated carbocycles. The van der Waals surface area contributed by atoms with Gasteiger partial charge in [-0.3, -0.25) is 24.5 Å². The van der Waals surface area contributed by atoms with Gasteiger partial charge in [0.05, 0.1) is 17.0 Å². The number of aromatic amines is 2. The number of nitrogens with one attached hydrogen (secondary N) is 2. The van der Waals surface area contributed by atoms with Crippen molar-refractivity contribution in [3.05, 3.63) is 51.9 Å². The Labute approximate surface area is 156 Å². The van der Waals surface area contributed by atoms with E-state index < -0.39 is 0 Å². The van der Waals surface area contributed by atoms with Crippen LogP contribution in [0.4, 0.5) is 11.5 Å². The number of Topliss-reactive ketones (excluding diaryl/α,β-unsaturated/α-hetero) is 1. The van der Waals surface area contributed by atoms with Crippen molar-refractivity contribution in [2.75, 3.05) is 0 Å². The van der Waals surface area contributed by atoms with Gasteiger partial charge in [-0.1, -0.05) is 51.1 Å². The molecule has 0 amide bonds. The van der Waals surface area contributed by atoms with Crippen LogP contribution in [-0.2, 0) is 12.5 Å². The molecule has 8 nitrogen and oxygen atoms in total. The van der Waals surface area contributed by atoms with Crippen molar-refractivity contribution in [1.82, 2.24) is 20.0 Å². The number of carbonyl (C=O) groups is 1. The highest BCUT2D eigenvalue weighted by molar-refractivity contribution is 6.03. The molecule has 0 fully saturated rings. The molecule has 0 bridgehead atoms. The van der Waals surface area contributed by atoms with Crippen molar-refractivity contribution in [2.24, 2.45) is 17.3 Å². The SMILES string of the molecule is CC(=O)c1c(N=Nc2c(C(C)(C)C)[nH]n(C)c2=O)n[nH]c1-c1ccccc1. The molecule has 0 saturated heterocycles. The fourth-order valence-electron chi connectivity index (χ4n) is 2.80. The molecule has 140 valence electrons. The van der Waals surface area contributed by atoms with Gasteiger partial charge in [-0.15, -0.1) is 10.2 Å². The minimum atomic E-state index is -0.320. The van der Waals surface area contributed by atoms with E-state index in [0.29, 0.717) is 17.0 Å². The van der Waals surface area contributed by atoms with E-state index in [4.69, 9.17) is 0 Å². The minimum Gasteiger partial charge on any atom is -0.297 e. The quantitative estimate of drug-likeness (QED) is 0.537. The molecule has 27 heavy (non-hydrogen) atoms. The Morgan fingerprint density at radius 2 is 1.81 bits per heavy atom. The van der Waals surface area contributed by atoms with Gasteiger partial charge < -0.3 is 0 Å². The number of nitrogens with zero attached hydrogens (tertiary/aromatic N) is 4. The molecule has 1 aromatic carbocycles. The summed E-state index contributed by atoms with van der Waals surface area (Å²) in [5.74, 6) is -0.0287. The van der Waals surface area contributed by atoms with E-state index >= 15 is 0 Å². The molecule has 0 spiro atoms. The zero-order valence-corrected chi connectivity index (χ0v) is 16.0. The molecular formula is C19H22N6O2. The first kappa shape index (κ1) is 18.5. The second-order valence-electron chi connectivity index (χ2n) is 7.37. The van der Waals surface area contributed by atoms with Gasteiger partial charge in [0.15, 0.2) is 11.5 Å². The van der Waals surface area contributed by atoms with Crippen LogP contribution in [0.25, 0.3) is 11.3 Å². The summed E-state index contributed by atoms with van der Waals surface area (Å²) in [4.78, 5) is 24.6. The Kier molecular flexibility index (Phi) is 4.65. The number of aryl methyl sites for hydroxylation is 1. The van der Waals surface area contributed by atoms with Gasteiger partial charge in [0.25, 0.3) is 5.56 Å². The number of H-pyrrole nitrogens is 2. The Morgan fingerprint density at radius 3 is 2.41 bits per heavy atom. The fourth-order valence-corrected chi connectivity index (χ4v) is 2.80. The number of hydrogen-bond donors (Lipinski definition) is 2. The smallest absolute Gasteiger partial charge is 0.294 e. The van der Waals surface area contributed by atoms with Crippen molar-refractivity contribution in [1.29, 1.82) is 0 Å². The van der Waals surface area contributed by atoms with E-state index in [0.717, 1.165) is 5.56 Å². The summed E-state index contributed by atoms with van der Waals surface area (Å²) in [7, 11) is 1.62. The van der Waals surface area contributed by atoms with Gasteiger partial charge in [-0.05, 0) is 6.92 Å². The van der Waals surface area contributed by atoms with E-state index in [1.54, 1.807) is 7.05 Å². The number of azo groups is 1. The first-order valence-corrected chi connectivity index (χ1v) is 8.56. The predicted molar refractivity (Wildman–Crippen MR) is 103 cm³/mol. The zero-order valence-electron chi connectivity index (χ0n) is 16.0. The molecule has 2 N–H and O–H groups in total. The molecule has 0 radical (unpaired) electrons. The molecule has 0 unspecified atom stereocenters. The van der Waals surface area contributed by atoms with Gasteiger partial charge >= 0.3 is 0 Å². The minimum absolute atomic E-state index is 0.157. The lowest BCUT2D eigenvalue weighted by molar-refractivity contribution is 0.101. The second kappa shape index (κ2) is 6.79. The predicted octanol–water partition coefficient (Wildman–Crippen LogP) is 4.02. The van der Waals surface area contributed by atoms with Crippen LogP contribution in [0.5, 0.6) is 0 Å². The van der Waals surface area contributed by atoms with Crippen molar-refractivity contribution in [3.8, 4) is 11.3 Å². The Bertz CT molecular complexity index is 1060. The maximum Gasteiger partial charge on any atom is 0.294 e. The average Bonchev–Trinajstić information content (AvgIpc) is 3.16.